The number of halogens is 1. The van der Waals surface area contributed by atoms with E-state index in [9.17, 15) is 4.79 Å². The fraction of sp³-hybridized carbons (Fsp3) is 0.158. The van der Waals surface area contributed by atoms with Crippen molar-refractivity contribution < 1.29 is 9.47 Å². The highest BCUT2D eigenvalue weighted by molar-refractivity contribution is 9.10. The Hall–Kier alpha value is -2.60. The van der Waals surface area contributed by atoms with Gasteiger partial charge in [-0.05, 0) is 35.9 Å². The molecular formula is C19H17BrN2O3. The van der Waals surface area contributed by atoms with Gasteiger partial charge in [-0.25, -0.2) is 4.68 Å². The summed E-state index contributed by atoms with van der Waals surface area (Å²) in [5.41, 5.74) is 2.37. The van der Waals surface area contributed by atoms with Crippen LogP contribution < -0.4 is 15.0 Å². The van der Waals surface area contributed by atoms with Gasteiger partial charge in [0.2, 0.25) is 0 Å². The number of aromatic nitrogens is 2. The first-order valence-electron chi connectivity index (χ1n) is 7.65. The molecule has 0 N–H and O–H groups in total. The van der Waals surface area contributed by atoms with Crippen molar-refractivity contribution >= 4 is 15.9 Å². The molecule has 1 heterocycles. The van der Waals surface area contributed by atoms with Crippen molar-refractivity contribution in [2.24, 2.45) is 0 Å². The predicted molar refractivity (Wildman–Crippen MR) is 100 cm³/mol. The predicted octanol–water partition coefficient (Wildman–Crippen LogP) is 3.74. The molecule has 0 amide bonds. The average Bonchev–Trinajstić information content (AvgIpc) is 2.63. The van der Waals surface area contributed by atoms with Crippen molar-refractivity contribution in [1.82, 2.24) is 9.78 Å². The van der Waals surface area contributed by atoms with Crippen LogP contribution in [0.25, 0.3) is 11.3 Å². The van der Waals surface area contributed by atoms with Crippen molar-refractivity contribution in [1.29, 1.82) is 0 Å². The molecule has 0 atom stereocenters. The van der Waals surface area contributed by atoms with Crippen LogP contribution in [0.3, 0.4) is 0 Å². The second kappa shape index (κ2) is 7.53. The third kappa shape index (κ3) is 4.09. The van der Waals surface area contributed by atoms with E-state index in [1.54, 1.807) is 26.4 Å². The Morgan fingerprint density at radius 3 is 2.36 bits per heavy atom. The molecule has 3 aromatic rings. The van der Waals surface area contributed by atoms with Crippen LogP contribution in [0.5, 0.6) is 11.5 Å². The fourth-order valence-corrected chi connectivity index (χ4v) is 2.89. The van der Waals surface area contributed by atoms with Gasteiger partial charge in [-0.2, -0.15) is 5.10 Å². The summed E-state index contributed by atoms with van der Waals surface area (Å²) < 4.78 is 13.0. The Labute approximate surface area is 154 Å². The summed E-state index contributed by atoms with van der Waals surface area (Å²) in [6, 6.07) is 16.6. The van der Waals surface area contributed by atoms with Crippen LogP contribution >= 0.6 is 15.9 Å². The highest BCUT2D eigenvalue weighted by atomic mass is 79.9. The zero-order valence-electron chi connectivity index (χ0n) is 13.9. The molecule has 0 fully saturated rings. The molecule has 0 aliphatic heterocycles. The molecule has 128 valence electrons. The summed E-state index contributed by atoms with van der Waals surface area (Å²) >= 11 is 3.45. The minimum absolute atomic E-state index is 0.166. The lowest BCUT2D eigenvalue weighted by molar-refractivity contribution is 0.393. The minimum atomic E-state index is -0.166. The molecule has 5 nitrogen and oxygen atoms in total. The van der Waals surface area contributed by atoms with Crippen molar-refractivity contribution in [2.75, 3.05) is 14.2 Å². The summed E-state index contributed by atoms with van der Waals surface area (Å²) in [4.78, 5) is 12.2. The van der Waals surface area contributed by atoms with E-state index in [0.717, 1.165) is 21.3 Å². The van der Waals surface area contributed by atoms with Gasteiger partial charge in [-0.3, -0.25) is 4.79 Å². The number of nitrogens with zero attached hydrogens (tertiary/aromatic N) is 2. The molecule has 0 aliphatic carbocycles. The molecule has 1 aromatic heterocycles. The van der Waals surface area contributed by atoms with Crippen LogP contribution in [0.1, 0.15) is 5.56 Å². The zero-order chi connectivity index (χ0) is 17.8. The molecule has 0 bridgehead atoms. The second-order valence-electron chi connectivity index (χ2n) is 5.45. The highest BCUT2D eigenvalue weighted by Gasteiger charge is 2.07. The van der Waals surface area contributed by atoms with Crippen LogP contribution in [0.2, 0.25) is 0 Å². The Morgan fingerprint density at radius 2 is 1.72 bits per heavy atom. The summed E-state index contributed by atoms with van der Waals surface area (Å²) in [6.45, 7) is 0.328. The van der Waals surface area contributed by atoms with Gasteiger partial charge in [0.1, 0.15) is 11.5 Å². The maximum absolute atomic E-state index is 12.2. The monoisotopic (exact) mass is 400 g/mol. The zero-order valence-corrected chi connectivity index (χ0v) is 15.5. The van der Waals surface area contributed by atoms with E-state index in [1.807, 2.05) is 36.4 Å². The normalized spacial score (nSPS) is 10.5. The first-order valence-corrected chi connectivity index (χ1v) is 8.44. The van der Waals surface area contributed by atoms with Crippen molar-refractivity contribution in [3.05, 3.63) is 75.0 Å². The summed E-state index contributed by atoms with van der Waals surface area (Å²) in [6.07, 6.45) is 0. The lowest BCUT2D eigenvalue weighted by Crippen LogP contribution is -2.22. The van der Waals surface area contributed by atoms with Crippen molar-refractivity contribution in [3.63, 3.8) is 0 Å². The fourth-order valence-electron chi connectivity index (χ4n) is 2.49. The summed E-state index contributed by atoms with van der Waals surface area (Å²) in [5.74, 6) is 1.34. The topological polar surface area (TPSA) is 53.4 Å². The van der Waals surface area contributed by atoms with Gasteiger partial charge in [-0.15, -0.1) is 0 Å². The summed E-state index contributed by atoms with van der Waals surface area (Å²) in [5, 5.41) is 4.49. The molecule has 0 saturated heterocycles. The smallest absolute Gasteiger partial charge is 0.267 e. The molecule has 3 rings (SSSR count). The number of benzene rings is 2. The van der Waals surface area contributed by atoms with Gasteiger partial charge >= 0.3 is 0 Å². The van der Waals surface area contributed by atoms with Crippen LogP contribution in [0, 0.1) is 0 Å². The van der Waals surface area contributed by atoms with Crippen molar-refractivity contribution in [2.45, 2.75) is 6.54 Å². The number of rotatable bonds is 5. The molecule has 0 unspecified atom stereocenters. The molecule has 0 aliphatic rings. The average molecular weight is 401 g/mol. The molecular weight excluding hydrogens is 384 g/mol. The number of hydrogen-bond acceptors (Lipinski definition) is 4. The first-order chi connectivity index (χ1) is 12.1. The van der Waals surface area contributed by atoms with Crippen molar-refractivity contribution in [3.8, 4) is 22.8 Å². The molecule has 25 heavy (non-hydrogen) atoms. The van der Waals surface area contributed by atoms with E-state index in [4.69, 9.17) is 9.47 Å². The van der Waals surface area contributed by atoms with Crippen LogP contribution in [-0.2, 0) is 6.54 Å². The quantitative estimate of drug-likeness (QED) is 0.654. The lowest BCUT2D eigenvalue weighted by atomic mass is 10.1. The molecule has 0 radical (unpaired) electrons. The maximum Gasteiger partial charge on any atom is 0.267 e. The van der Waals surface area contributed by atoms with E-state index in [0.29, 0.717) is 18.0 Å². The first kappa shape index (κ1) is 17.2. The summed E-state index contributed by atoms with van der Waals surface area (Å²) in [7, 11) is 3.19. The maximum atomic E-state index is 12.2. The molecule has 0 spiro atoms. The standard InChI is InChI=1S/C19H17BrN2O3/c1-24-16-8-13(9-17(11-16)25-2)12-22-19(23)7-6-18(21-22)14-4-3-5-15(20)10-14/h3-11H,12H2,1-2H3. The Bertz CT molecular complexity index is 931. The Kier molecular flexibility index (Phi) is 5.19. The third-order valence-electron chi connectivity index (χ3n) is 3.73. The largest absolute Gasteiger partial charge is 0.497 e. The van der Waals surface area contributed by atoms with E-state index in [1.165, 1.54) is 10.7 Å². The van der Waals surface area contributed by atoms with Gasteiger partial charge in [-0.1, -0.05) is 28.1 Å². The van der Waals surface area contributed by atoms with E-state index in [-0.39, 0.29) is 5.56 Å². The minimum Gasteiger partial charge on any atom is -0.497 e. The molecule has 6 heteroatoms. The number of hydrogen-bond donors (Lipinski definition) is 0. The molecule has 2 aromatic carbocycles. The van der Waals surface area contributed by atoms with Gasteiger partial charge in [0, 0.05) is 22.2 Å². The second-order valence-corrected chi connectivity index (χ2v) is 6.36. The van der Waals surface area contributed by atoms with Gasteiger partial charge in [0.05, 0.1) is 26.5 Å². The third-order valence-corrected chi connectivity index (χ3v) is 4.22. The number of ether oxygens (including phenoxy) is 2. The molecule has 0 saturated carbocycles. The van der Waals surface area contributed by atoms with E-state index in [2.05, 4.69) is 21.0 Å². The van der Waals surface area contributed by atoms with E-state index >= 15 is 0 Å². The SMILES string of the molecule is COc1cc(Cn2nc(-c3cccc(Br)c3)ccc2=O)cc(OC)c1. The van der Waals surface area contributed by atoms with Crippen LogP contribution in [0.15, 0.2) is 63.9 Å². The highest BCUT2D eigenvalue weighted by Crippen LogP contribution is 2.23. The van der Waals surface area contributed by atoms with E-state index < -0.39 is 0 Å². The Morgan fingerprint density at radius 1 is 1.00 bits per heavy atom. The van der Waals surface area contributed by atoms with Gasteiger partial charge in [0.25, 0.3) is 5.56 Å². The van der Waals surface area contributed by atoms with Crippen LogP contribution in [0.4, 0.5) is 0 Å². The lowest BCUT2D eigenvalue weighted by Gasteiger charge is -2.10. The van der Waals surface area contributed by atoms with Crippen LogP contribution in [-0.4, -0.2) is 24.0 Å². The van der Waals surface area contributed by atoms with Gasteiger partial charge < -0.3 is 9.47 Å². The number of methoxy groups -OCH3 is 2. The Balaban J connectivity index is 1.98. The van der Waals surface area contributed by atoms with Gasteiger partial charge in [0.15, 0.2) is 0 Å².